The number of nitrogens with zero attached hydrogens (tertiary/aromatic N) is 1. The smallest absolute Gasteiger partial charge is 0.130 e. The van der Waals surface area contributed by atoms with Gasteiger partial charge in [0, 0.05) is 29.9 Å². The molecule has 0 radical (unpaired) electrons. The average molecular weight is 238 g/mol. The second-order valence-electron chi connectivity index (χ2n) is 4.61. The Morgan fingerprint density at radius 1 is 1.53 bits per heavy atom. The SMILES string of the molecule is C[C@H](N)c1c(F)cccc1N(CCO)C1CC1. The average Bonchev–Trinajstić information content (AvgIpc) is 3.08. The first-order valence-electron chi connectivity index (χ1n) is 6.06. The molecule has 1 saturated carbocycles. The van der Waals surface area contributed by atoms with Gasteiger partial charge in [0.2, 0.25) is 0 Å². The molecule has 17 heavy (non-hydrogen) atoms. The lowest BCUT2D eigenvalue weighted by Crippen LogP contribution is -2.31. The van der Waals surface area contributed by atoms with E-state index in [1.54, 1.807) is 13.0 Å². The third-order valence-corrected chi connectivity index (χ3v) is 3.12. The standard InChI is InChI=1S/C13H19FN2O/c1-9(15)13-11(14)3-2-4-12(13)16(7-8-17)10-5-6-10/h2-4,9-10,17H,5-8,15H2,1H3/t9-/m0/s1. The number of benzene rings is 1. The number of aliphatic hydroxyl groups excluding tert-OH is 1. The van der Waals surface area contributed by atoms with E-state index in [4.69, 9.17) is 10.8 Å². The Balaban J connectivity index is 2.37. The van der Waals surface area contributed by atoms with Crippen molar-refractivity contribution in [3.8, 4) is 0 Å². The van der Waals surface area contributed by atoms with Crippen molar-refractivity contribution in [3.63, 3.8) is 0 Å². The summed E-state index contributed by atoms with van der Waals surface area (Å²) in [4.78, 5) is 2.07. The Kier molecular flexibility index (Phi) is 3.64. The summed E-state index contributed by atoms with van der Waals surface area (Å²) in [6.45, 7) is 2.39. The molecule has 4 heteroatoms. The van der Waals surface area contributed by atoms with Crippen LogP contribution in [0.25, 0.3) is 0 Å². The van der Waals surface area contributed by atoms with Crippen LogP contribution in [0.4, 0.5) is 10.1 Å². The highest BCUT2D eigenvalue weighted by Crippen LogP contribution is 2.35. The van der Waals surface area contributed by atoms with Gasteiger partial charge >= 0.3 is 0 Å². The van der Waals surface area contributed by atoms with E-state index in [0.29, 0.717) is 18.2 Å². The van der Waals surface area contributed by atoms with E-state index in [1.165, 1.54) is 6.07 Å². The van der Waals surface area contributed by atoms with Crippen molar-refractivity contribution in [3.05, 3.63) is 29.6 Å². The van der Waals surface area contributed by atoms with Crippen molar-refractivity contribution >= 4 is 5.69 Å². The zero-order chi connectivity index (χ0) is 12.4. The normalized spacial score (nSPS) is 16.9. The molecule has 0 aromatic heterocycles. The van der Waals surface area contributed by atoms with Gasteiger partial charge in [0.1, 0.15) is 5.82 Å². The molecule has 1 aromatic carbocycles. The second-order valence-corrected chi connectivity index (χ2v) is 4.61. The van der Waals surface area contributed by atoms with Crippen LogP contribution in [0, 0.1) is 5.82 Å². The highest BCUT2D eigenvalue weighted by molar-refractivity contribution is 5.57. The van der Waals surface area contributed by atoms with Gasteiger partial charge < -0.3 is 15.7 Å². The Bertz CT molecular complexity index is 391. The molecule has 3 N–H and O–H groups in total. The maximum Gasteiger partial charge on any atom is 0.130 e. The number of hydrogen-bond donors (Lipinski definition) is 2. The number of anilines is 1. The van der Waals surface area contributed by atoms with Gasteiger partial charge in [0.05, 0.1) is 6.61 Å². The van der Waals surface area contributed by atoms with E-state index in [-0.39, 0.29) is 18.5 Å². The molecule has 0 saturated heterocycles. The molecule has 94 valence electrons. The van der Waals surface area contributed by atoms with Crippen molar-refractivity contribution in [2.75, 3.05) is 18.1 Å². The fourth-order valence-electron chi connectivity index (χ4n) is 2.22. The first kappa shape index (κ1) is 12.3. The first-order valence-corrected chi connectivity index (χ1v) is 6.06. The van der Waals surface area contributed by atoms with E-state index in [9.17, 15) is 4.39 Å². The predicted molar refractivity (Wildman–Crippen MR) is 66.5 cm³/mol. The number of halogens is 1. The van der Waals surface area contributed by atoms with Gasteiger partial charge in [-0.25, -0.2) is 4.39 Å². The molecule has 2 rings (SSSR count). The summed E-state index contributed by atoms with van der Waals surface area (Å²) in [5.41, 5.74) is 7.22. The lowest BCUT2D eigenvalue weighted by molar-refractivity contribution is 0.301. The summed E-state index contributed by atoms with van der Waals surface area (Å²) in [5, 5.41) is 9.11. The van der Waals surface area contributed by atoms with Crippen molar-refractivity contribution in [2.45, 2.75) is 31.8 Å². The molecular formula is C13H19FN2O. The zero-order valence-corrected chi connectivity index (χ0v) is 10.1. The van der Waals surface area contributed by atoms with E-state index in [1.807, 2.05) is 6.07 Å². The van der Waals surface area contributed by atoms with Crippen LogP contribution in [0.2, 0.25) is 0 Å². The van der Waals surface area contributed by atoms with Crippen LogP contribution < -0.4 is 10.6 Å². The van der Waals surface area contributed by atoms with Crippen LogP contribution >= 0.6 is 0 Å². The highest BCUT2D eigenvalue weighted by atomic mass is 19.1. The monoisotopic (exact) mass is 238 g/mol. The van der Waals surface area contributed by atoms with Gasteiger partial charge in [0.15, 0.2) is 0 Å². The molecule has 0 aliphatic heterocycles. The van der Waals surface area contributed by atoms with Crippen LogP contribution in [0.1, 0.15) is 31.4 Å². The minimum Gasteiger partial charge on any atom is -0.395 e. The van der Waals surface area contributed by atoms with E-state index < -0.39 is 0 Å². The number of aliphatic hydroxyl groups is 1. The summed E-state index contributed by atoms with van der Waals surface area (Å²) in [6, 6.07) is 5.11. The molecule has 1 atom stereocenters. The van der Waals surface area contributed by atoms with Gasteiger partial charge in [-0.2, -0.15) is 0 Å². The summed E-state index contributed by atoms with van der Waals surface area (Å²) < 4.78 is 13.8. The number of hydrogen-bond acceptors (Lipinski definition) is 3. The lowest BCUT2D eigenvalue weighted by atomic mass is 10.0. The van der Waals surface area contributed by atoms with Crippen LogP contribution in [0.15, 0.2) is 18.2 Å². The first-order chi connectivity index (χ1) is 8.15. The van der Waals surface area contributed by atoms with Crippen molar-refractivity contribution < 1.29 is 9.50 Å². The van der Waals surface area contributed by atoms with E-state index in [2.05, 4.69) is 4.90 Å². The largest absolute Gasteiger partial charge is 0.395 e. The van der Waals surface area contributed by atoms with Crippen LogP contribution in [-0.4, -0.2) is 24.3 Å². The number of nitrogens with two attached hydrogens (primary N) is 1. The molecule has 1 fully saturated rings. The Labute approximate surface area is 101 Å². The molecule has 3 nitrogen and oxygen atoms in total. The minimum atomic E-state index is -0.342. The van der Waals surface area contributed by atoms with E-state index >= 15 is 0 Å². The molecule has 0 amide bonds. The summed E-state index contributed by atoms with van der Waals surface area (Å²) in [6.07, 6.45) is 2.21. The predicted octanol–water partition coefficient (Wildman–Crippen LogP) is 1.81. The molecule has 0 bridgehead atoms. The second kappa shape index (κ2) is 5.02. The molecular weight excluding hydrogens is 219 g/mol. The van der Waals surface area contributed by atoms with Crippen LogP contribution in [0.3, 0.4) is 0 Å². The van der Waals surface area contributed by atoms with Gasteiger partial charge in [-0.1, -0.05) is 6.07 Å². The molecule has 1 aromatic rings. The van der Waals surface area contributed by atoms with Crippen molar-refractivity contribution in [1.82, 2.24) is 0 Å². The fraction of sp³-hybridized carbons (Fsp3) is 0.538. The van der Waals surface area contributed by atoms with E-state index in [0.717, 1.165) is 18.5 Å². The highest BCUT2D eigenvalue weighted by Gasteiger charge is 2.31. The third-order valence-electron chi connectivity index (χ3n) is 3.12. The summed E-state index contributed by atoms with van der Waals surface area (Å²) in [7, 11) is 0. The van der Waals surface area contributed by atoms with Gasteiger partial charge in [0.25, 0.3) is 0 Å². The molecule has 0 unspecified atom stereocenters. The summed E-state index contributed by atoms with van der Waals surface area (Å²) >= 11 is 0. The fourth-order valence-corrected chi connectivity index (χ4v) is 2.22. The van der Waals surface area contributed by atoms with Crippen molar-refractivity contribution in [2.24, 2.45) is 5.73 Å². The minimum absolute atomic E-state index is 0.0748. The van der Waals surface area contributed by atoms with Gasteiger partial charge in [-0.05, 0) is 31.9 Å². The van der Waals surface area contributed by atoms with Gasteiger partial charge in [-0.15, -0.1) is 0 Å². The quantitative estimate of drug-likeness (QED) is 0.822. The van der Waals surface area contributed by atoms with Crippen LogP contribution in [0.5, 0.6) is 0 Å². The molecule has 0 heterocycles. The van der Waals surface area contributed by atoms with Crippen molar-refractivity contribution in [1.29, 1.82) is 0 Å². The maximum absolute atomic E-state index is 13.8. The Morgan fingerprint density at radius 3 is 2.76 bits per heavy atom. The topological polar surface area (TPSA) is 49.5 Å². The summed E-state index contributed by atoms with van der Waals surface area (Å²) in [5.74, 6) is -0.263. The van der Waals surface area contributed by atoms with Crippen LogP contribution in [-0.2, 0) is 0 Å². The van der Waals surface area contributed by atoms with Gasteiger partial charge in [-0.3, -0.25) is 0 Å². The molecule has 0 spiro atoms. The Morgan fingerprint density at radius 2 is 2.24 bits per heavy atom. The molecule has 1 aliphatic rings. The zero-order valence-electron chi connectivity index (χ0n) is 10.1. The Hall–Kier alpha value is -1.13. The lowest BCUT2D eigenvalue weighted by Gasteiger charge is -2.27. The third kappa shape index (κ3) is 2.58. The molecule has 1 aliphatic carbocycles. The maximum atomic E-state index is 13.8. The number of rotatable bonds is 5.